The number of rotatable bonds is 5. The van der Waals surface area contributed by atoms with E-state index in [0.717, 1.165) is 33.2 Å². The molecule has 0 radical (unpaired) electrons. The highest BCUT2D eigenvalue weighted by Gasteiger charge is 2.14. The fourth-order valence-corrected chi connectivity index (χ4v) is 3.55. The summed E-state index contributed by atoms with van der Waals surface area (Å²) in [5, 5.41) is 0.721. The summed E-state index contributed by atoms with van der Waals surface area (Å²) in [6, 6.07) is 24.4. The van der Waals surface area contributed by atoms with Crippen LogP contribution < -0.4 is 4.74 Å². The van der Waals surface area contributed by atoms with Crippen molar-refractivity contribution in [3.05, 3.63) is 83.4 Å². The maximum atomic E-state index is 6.06. The number of aromatic nitrogens is 2. The highest BCUT2D eigenvalue weighted by atomic mass is 35.5. The molecule has 0 bridgehead atoms. The lowest BCUT2D eigenvalue weighted by Gasteiger charge is -2.19. The molecule has 3 nitrogen and oxygen atoms in total. The van der Waals surface area contributed by atoms with Crippen molar-refractivity contribution < 1.29 is 4.74 Å². The van der Waals surface area contributed by atoms with E-state index in [4.69, 9.17) is 21.3 Å². The Morgan fingerprint density at radius 2 is 1.59 bits per heavy atom. The minimum absolute atomic E-state index is 0.141. The Morgan fingerprint density at radius 3 is 2.28 bits per heavy atom. The van der Waals surface area contributed by atoms with Gasteiger partial charge in [-0.1, -0.05) is 56.6 Å². The molecule has 4 aromatic rings. The summed E-state index contributed by atoms with van der Waals surface area (Å²) < 4.78 is 8.25. The van der Waals surface area contributed by atoms with Crippen LogP contribution >= 0.6 is 11.6 Å². The lowest BCUT2D eigenvalue weighted by molar-refractivity contribution is 0.300. The van der Waals surface area contributed by atoms with Crippen LogP contribution in [0.3, 0.4) is 0 Å². The highest BCUT2D eigenvalue weighted by Crippen LogP contribution is 2.27. The van der Waals surface area contributed by atoms with Crippen molar-refractivity contribution in [2.75, 3.05) is 6.61 Å². The summed E-state index contributed by atoms with van der Waals surface area (Å²) in [4.78, 5) is 4.84. The first kappa shape index (κ1) is 19.5. The normalized spacial score (nSPS) is 11.7. The van der Waals surface area contributed by atoms with Gasteiger partial charge >= 0.3 is 0 Å². The molecule has 4 heteroatoms. The summed E-state index contributed by atoms with van der Waals surface area (Å²) in [5.74, 6) is 1.81. The van der Waals surface area contributed by atoms with E-state index in [-0.39, 0.29) is 5.41 Å². The van der Waals surface area contributed by atoms with E-state index >= 15 is 0 Å². The third-order valence-electron chi connectivity index (χ3n) is 5.06. The second kappa shape index (κ2) is 7.92. The smallest absolute Gasteiger partial charge is 0.141 e. The van der Waals surface area contributed by atoms with Crippen molar-refractivity contribution in [2.45, 2.75) is 32.7 Å². The maximum absolute atomic E-state index is 6.06. The average Bonchev–Trinajstić information content (AvgIpc) is 3.07. The zero-order valence-corrected chi connectivity index (χ0v) is 17.8. The number of nitrogens with zero attached hydrogens (tertiary/aromatic N) is 2. The second-order valence-corrected chi connectivity index (χ2v) is 8.64. The molecule has 0 fully saturated rings. The van der Waals surface area contributed by atoms with Crippen molar-refractivity contribution in [2.24, 2.45) is 0 Å². The van der Waals surface area contributed by atoms with Crippen LogP contribution in [0.25, 0.3) is 22.4 Å². The molecular formula is C25H25ClN2O. The van der Waals surface area contributed by atoms with Gasteiger partial charge in [0.05, 0.1) is 17.6 Å². The molecule has 0 unspecified atom stereocenters. The molecule has 0 spiro atoms. The van der Waals surface area contributed by atoms with Gasteiger partial charge in [-0.3, -0.25) is 0 Å². The quantitative estimate of drug-likeness (QED) is 0.368. The fourth-order valence-electron chi connectivity index (χ4n) is 3.43. The third-order valence-corrected chi connectivity index (χ3v) is 5.31. The van der Waals surface area contributed by atoms with Crippen LogP contribution in [0.1, 0.15) is 26.3 Å². The summed E-state index contributed by atoms with van der Waals surface area (Å²) in [6.07, 6.45) is 0. The molecular weight excluding hydrogens is 380 g/mol. The molecule has 0 saturated carbocycles. The van der Waals surface area contributed by atoms with Crippen molar-refractivity contribution in [3.8, 4) is 17.1 Å². The summed E-state index contributed by atoms with van der Waals surface area (Å²) in [5.41, 5.74) is 4.56. The van der Waals surface area contributed by atoms with E-state index < -0.39 is 0 Å². The standard InChI is InChI=1S/C25H25ClN2O/c1-25(2,3)19-10-14-21(15-11-19)29-17-16-28-23-7-5-4-6-22(23)27-24(28)18-8-12-20(26)13-9-18/h4-15H,16-17H2,1-3H3. The largest absolute Gasteiger partial charge is 0.492 e. The zero-order valence-electron chi connectivity index (χ0n) is 17.0. The summed E-state index contributed by atoms with van der Waals surface area (Å²) >= 11 is 6.06. The van der Waals surface area contributed by atoms with E-state index in [2.05, 4.69) is 43.5 Å². The van der Waals surface area contributed by atoms with Crippen LogP contribution in [0, 0.1) is 0 Å². The highest BCUT2D eigenvalue weighted by molar-refractivity contribution is 6.30. The van der Waals surface area contributed by atoms with E-state index in [1.165, 1.54) is 5.56 Å². The van der Waals surface area contributed by atoms with Gasteiger partial charge in [0.2, 0.25) is 0 Å². The molecule has 0 saturated heterocycles. The topological polar surface area (TPSA) is 27.1 Å². The summed E-state index contributed by atoms with van der Waals surface area (Å²) in [6.45, 7) is 7.91. The summed E-state index contributed by atoms with van der Waals surface area (Å²) in [7, 11) is 0. The third kappa shape index (κ3) is 4.30. The molecule has 0 aliphatic carbocycles. The van der Waals surface area contributed by atoms with Gasteiger partial charge in [0.15, 0.2) is 0 Å². The van der Waals surface area contributed by atoms with Gasteiger partial charge in [-0.15, -0.1) is 0 Å². The van der Waals surface area contributed by atoms with Crippen LogP contribution in [-0.2, 0) is 12.0 Å². The molecule has 0 aliphatic heterocycles. The van der Waals surface area contributed by atoms with Crippen molar-refractivity contribution in [3.63, 3.8) is 0 Å². The number of hydrogen-bond donors (Lipinski definition) is 0. The van der Waals surface area contributed by atoms with Crippen LogP contribution in [0.4, 0.5) is 0 Å². The lowest BCUT2D eigenvalue weighted by Crippen LogP contribution is -2.11. The van der Waals surface area contributed by atoms with Gasteiger partial charge in [-0.05, 0) is 59.5 Å². The number of benzene rings is 3. The van der Waals surface area contributed by atoms with Crippen LogP contribution in [0.5, 0.6) is 5.75 Å². The number of para-hydroxylation sites is 2. The molecule has 3 aromatic carbocycles. The Balaban J connectivity index is 1.56. The van der Waals surface area contributed by atoms with E-state index in [1.807, 2.05) is 54.6 Å². The molecule has 1 heterocycles. The second-order valence-electron chi connectivity index (χ2n) is 8.21. The number of fused-ring (bicyclic) bond motifs is 1. The Morgan fingerprint density at radius 1 is 0.897 bits per heavy atom. The van der Waals surface area contributed by atoms with Crippen molar-refractivity contribution in [1.82, 2.24) is 9.55 Å². The molecule has 4 rings (SSSR count). The van der Waals surface area contributed by atoms with Crippen LogP contribution in [-0.4, -0.2) is 16.2 Å². The number of hydrogen-bond acceptors (Lipinski definition) is 2. The number of imidazole rings is 1. The zero-order chi connectivity index (χ0) is 20.4. The SMILES string of the molecule is CC(C)(C)c1ccc(OCCn2c(-c3ccc(Cl)cc3)nc3ccccc32)cc1. The van der Waals surface area contributed by atoms with E-state index in [0.29, 0.717) is 13.2 Å². The van der Waals surface area contributed by atoms with Gasteiger partial charge in [-0.2, -0.15) is 0 Å². The van der Waals surface area contributed by atoms with Gasteiger partial charge in [0.25, 0.3) is 0 Å². The van der Waals surface area contributed by atoms with Crippen molar-refractivity contribution >= 4 is 22.6 Å². The monoisotopic (exact) mass is 404 g/mol. The number of ether oxygens (including phenoxy) is 1. The van der Waals surface area contributed by atoms with Crippen molar-refractivity contribution in [1.29, 1.82) is 0 Å². The first-order chi connectivity index (χ1) is 13.9. The Hall–Kier alpha value is -2.78. The van der Waals surface area contributed by atoms with Gasteiger partial charge in [0.1, 0.15) is 18.2 Å². The molecule has 0 atom stereocenters. The van der Waals surface area contributed by atoms with E-state index in [1.54, 1.807) is 0 Å². The average molecular weight is 405 g/mol. The van der Waals surface area contributed by atoms with Crippen LogP contribution in [0.15, 0.2) is 72.8 Å². The van der Waals surface area contributed by atoms with Gasteiger partial charge in [-0.25, -0.2) is 4.98 Å². The molecule has 0 amide bonds. The first-order valence-electron chi connectivity index (χ1n) is 9.86. The minimum atomic E-state index is 0.141. The lowest BCUT2D eigenvalue weighted by atomic mass is 9.87. The van der Waals surface area contributed by atoms with Gasteiger partial charge < -0.3 is 9.30 Å². The fraction of sp³-hybridized carbons (Fsp3) is 0.240. The predicted molar refractivity (Wildman–Crippen MR) is 121 cm³/mol. The first-order valence-corrected chi connectivity index (χ1v) is 10.2. The Bertz CT molecular complexity index is 1110. The Kier molecular flexibility index (Phi) is 5.33. The molecule has 0 aliphatic rings. The molecule has 29 heavy (non-hydrogen) atoms. The van der Waals surface area contributed by atoms with E-state index in [9.17, 15) is 0 Å². The Labute approximate surface area is 176 Å². The minimum Gasteiger partial charge on any atom is -0.492 e. The maximum Gasteiger partial charge on any atom is 0.141 e. The van der Waals surface area contributed by atoms with Crippen LogP contribution in [0.2, 0.25) is 5.02 Å². The van der Waals surface area contributed by atoms with Gasteiger partial charge in [0, 0.05) is 10.6 Å². The predicted octanol–water partition coefficient (Wildman–Crippen LogP) is 6.73. The molecule has 1 aromatic heterocycles. The molecule has 148 valence electrons. The number of halogens is 1. The molecule has 0 N–H and O–H groups in total.